The second-order valence-electron chi connectivity index (χ2n) is 6.87. The first kappa shape index (κ1) is 21.6. The highest BCUT2D eigenvalue weighted by Crippen LogP contribution is 2.30. The van der Waals surface area contributed by atoms with E-state index in [0.717, 1.165) is 16.0 Å². The summed E-state index contributed by atoms with van der Waals surface area (Å²) in [6.45, 7) is 5.01. The van der Waals surface area contributed by atoms with Gasteiger partial charge in [0, 0.05) is 23.5 Å². The summed E-state index contributed by atoms with van der Waals surface area (Å²) >= 11 is 1.63. The fourth-order valence-electron chi connectivity index (χ4n) is 2.99. The van der Waals surface area contributed by atoms with Gasteiger partial charge in [-0.25, -0.2) is 0 Å². The average molecular weight is 424 g/mol. The van der Waals surface area contributed by atoms with Crippen LogP contribution in [0.4, 0.5) is 0 Å². The Labute approximate surface area is 180 Å². The molecule has 0 bridgehead atoms. The van der Waals surface area contributed by atoms with Gasteiger partial charge in [0.15, 0.2) is 11.5 Å². The molecule has 0 aliphatic heterocycles. The summed E-state index contributed by atoms with van der Waals surface area (Å²) in [4.78, 5) is 28.0. The first-order valence-electron chi connectivity index (χ1n) is 9.74. The van der Waals surface area contributed by atoms with Crippen molar-refractivity contribution in [2.24, 2.45) is 0 Å². The maximum atomic E-state index is 12.7. The van der Waals surface area contributed by atoms with Crippen molar-refractivity contribution in [3.8, 4) is 11.5 Å². The second-order valence-corrected chi connectivity index (χ2v) is 7.90. The Morgan fingerprint density at radius 2 is 1.80 bits per heavy atom. The molecule has 0 saturated heterocycles. The number of methoxy groups -OCH3 is 1. The number of nitrogens with zero attached hydrogens (tertiary/aromatic N) is 1. The Bertz CT molecular complexity index is 997. The van der Waals surface area contributed by atoms with Crippen molar-refractivity contribution in [2.75, 3.05) is 13.7 Å². The zero-order valence-electron chi connectivity index (χ0n) is 17.4. The van der Waals surface area contributed by atoms with E-state index in [9.17, 15) is 9.59 Å². The number of Topliss-reactive ketones (excluding diaryl/α,β-unsaturated/α-hetero) is 1. The number of ketones is 1. The van der Waals surface area contributed by atoms with Crippen LogP contribution >= 0.6 is 11.3 Å². The van der Waals surface area contributed by atoms with E-state index in [2.05, 4.69) is 0 Å². The van der Waals surface area contributed by atoms with Gasteiger partial charge in [-0.1, -0.05) is 42.0 Å². The summed E-state index contributed by atoms with van der Waals surface area (Å²) in [5.74, 6) is 0.218. The summed E-state index contributed by atoms with van der Waals surface area (Å²) in [7, 11) is 1.58. The molecule has 0 radical (unpaired) electrons. The van der Waals surface area contributed by atoms with Crippen molar-refractivity contribution in [1.82, 2.24) is 4.90 Å². The van der Waals surface area contributed by atoms with Crippen LogP contribution in [0.15, 0.2) is 60.0 Å². The zero-order chi connectivity index (χ0) is 21.5. The van der Waals surface area contributed by atoms with Crippen LogP contribution in [-0.4, -0.2) is 30.2 Å². The number of carbonyl (C=O) groups is 2. The van der Waals surface area contributed by atoms with Gasteiger partial charge in [-0.2, -0.15) is 0 Å². The largest absolute Gasteiger partial charge is 0.493 e. The molecule has 0 spiro atoms. The first-order valence-corrected chi connectivity index (χ1v) is 10.6. The Balaban J connectivity index is 1.70. The Hall–Kier alpha value is -3.12. The molecule has 1 heterocycles. The summed E-state index contributed by atoms with van der Waals surface area (Å²) in [6, 6.07) is 16.6. The Morgan fingerprint density at radius 1 is 1.03 bits per heavy atom. The number of hydrogen-bond donors (Lipinski definition) is 0. The number of carbonyl (C=O) groups excluding carboxylic acids is 2. The van der Waals surface area contributed by atoms with Crippen LogP contribution < -0.4 is 9.47 Å². The Kier molecular flexibility index (Phi) is 7.25. The zero-order valence-corrected chi connectivity index (χ0v) is 18.2. The standard InChI is InChI=1S/C24H25NO4S/c1-4-25(24(27)23(26)19-10-7-17(2)8-11-19)15-18-9-12-21(22(14-18)28-3)29-16-20-6-5-13-30-20/h5-14H,4,15-16H2,1-3H3. The molecule has 3 rings (SSSR count). The summed E-state index contributed by atoms with van der Waals surface area (Å²) in [5, 5.41) is 2.01. The molecule has 0 atom stereocenters. The number of rotatable bonds is 9. The number of likely N-dealkylation sites (N-methyl/N-ethyl adjacent to an activating group) is 1. The number of ether oxygens (including phenoxy) is 2. The maximum absolute atomic E-state index is 12.7. The molecule has 0 saturated carbocycles. The van der Waals surface area contributed by atoms with Gasteiger partial charge in [0.1, 0.15) is 6.61 Å². The minimum absolute atomic E-state index is 0.314. The van der Waals surface area contributed by atoms with Crippen LogP contribution in [-0.2, 0) is 17.9 Å². The van der Waals surface area contributed by atoms with E-state index in [4.69, 9.17) is 9.47 Å². The lowest BCUT2D eigenvalue weighted by atomic mass is 10.1. The van der Waals surface area contributed by atoms with Crippen molar-refractivity contribution in [1.29, 1.82) is 0 Å². The lowest BCUT2D eigenvalue weighted by Gasteiger charge is -2.21. The third kappa shape index (κ3) is 5.27. The molecule has 0 aliphatic rings. The number of thiophene rings is 1. The third-order valence-electron chi connectivity index (χ3n) is 4.73. The highest BCUT2D eigenvalue weighted by Gasteiger charge is 2.22. The normalized spacial score (nSPS) is 10.5. The van der Waals surface area contributed by atoms with Crippen molar-refractivity contribution in [2.45, 2.75) is 27.0 Å². The van der Waals surface area contributed by atoms with E-state index >= 15 is 0 Å². The van der Waals surface area contributed by atoms with Crippen LogP contribution in [0.2, 0.25) is 0 Å². The van der Waals surface area contributed by atoms with Crippen molar-refractivity contribution in [3.63, 3.8) is 0 Å². The number of amides is 1. The average Bonchev–Trinajstić information content (AvgIpc) is 3.29. The second kappa shape index (κ2) is 10.1. The van der Waals surface area contributed by atoms with Crippen LogP contribution in [0.1, 0.15) is 33.3 Å². The topological polar surface area (TPSA) is 55.8 Å². The molecule has 2 aromatic carbocycles. The predicted molar refractivity (Wildman–Crippen MR) is 118 cm³/mol. The summed E-state index contributed by atoms with van der Waals surface area (Å²) in [6.07, 6.45) is 0. The molecular weight excluding hydrogens is 398 g/mol. The number of hydrogen-bond acceptors (Lipinski definition) is 5. The van der Waals surface area contributed by atoms with E-state index in [-0.39, 0.29) is 0 Å². The lowest BCUT2D eigenvalue weighted by molar-refractivity contribution is -0.126. The number of benzene rings is 2. The maximum Gasteiger partial charge on any atom is 0.295 e. The molecular formula is C24H25NO4S. The fourth-order valence-corrected chi connectivity index (χ4v) is 3.61. The van der Waals surface area contributed by atoms with Crippen molar-refractivity contribution < 1.29 is 19.1 Å². The predicted octanol–water partition coefficient (Wildman–Crippen LogP) is 4.88. The van der Waals surface area contributed by atoms with Crippen molar-refractivity contribution >= 4 is 23.0 Å². The molecule has 0 fully saturated rings. The smallest absolute Gasteiger partial charge is 0.295 e. The molecule has 5 nitrogen and oxygen atoms in total. The van der Waals surface area contributed by atoms with E-state index in [1.54, 1.807) is 30.6 Å². The van der Waals surface area contributed by atoms with Crippen LogP contribution in [0.5, 0.6) is 11.5 Å². The molecule has 30 heavy (non-hydrogen) atoms. The highest BCUT2D eigenvalue weighted by molar-refractivity contribution is 7.09. The SMILES string of the molecule is CCN(Cc1ccc(OCc2cccs2)c(OC)c1)C(=O)C(=O)c1ccc(C)cc1. The number of aryl methyl sites for hydroxylation is 1. The van der Waals surface area contributed by atoms with Gasteiger partial charge in [0.2, 0.25) is 5.78 Å². The monoisotopic (exact) mass is 423 g/mol. The minimum atomic E-state index is -0.515. The molecule has 6 heteroatoms. The molecule has 156 valence electrons. The highest BCUT2D eigenvalue weighted by atomic mass is 32.1. The van der Waals surface area contributed by atoms with Crippen LogP contribution in [0.3, 0.4) is 0 Å². The molecule has 0 N–H and O–H groups in total. The van der Waals surface area contributed by atoms with Crippen molar-refractivity contribution in [3.05, 3.63) is 81.5 Å². The van der Waals surface area contributed by atoms with E-state index in [0.29, 0.717) is 36.8 Å². The molecule has 1 amide bonds. The molecule has 0 aliphatic carbocycles. The molecule has 0 unspecified atom stereocenters. The fraction of sp³-hybridized carbons (Fsp3) is 0.250. The first-order chi connectivity index (χ1) is 14.5. The van der Waals surface area contributed by atoms with Gasteiger partial charge >= 0.3 is 0 Å². The third-order valence-corrected chi connectivity index (χ3v) is 5.58. The van der Waals surface area contributed by atoms with E-state index < -0.39 is 11.7 Å². The van der Waals surface area contributed by atoms with Gasteiger partial charge in [-0.05, 0) is 43.0 Å². The van der Waals surface area contributed by atoms with Crippen LogP contribution in [0.25, 0.3) is 0 Å². The van der Waals surface area contributed by atoms with Crippen LogP contribution in [0, 0.1) is 6.92 Å². The lowest BCUT2D eigenvalue weighted by Crippen LogP contribution is -2.36. The molecule has 1 aromatic heterocycles. The summed E-state index contributed by atoms with van der Waals surface area (Å²) < 4.78 is 11.3. The molecule has 3 aromatic rings. The Morgan fingerprint density at radius 3 is 2.43 bits per heavy atom. The van der Waals surface area contributed by atoms with Gasteiger partial charge in [-0.15, -0.1) is 11.3 Å². The van der Waals surface area contributed by atoms with Gasteiger partial charge in [0.05, 0.1) is 7.11 Å². The van der Waals surface area contributed by atoms with Gasteiger partial charge in [0.25, 0.3) is 5.91 Å². The van der Waals surface area contributed by atoms with Gasteiger partial charge in [-0.3, -0.25) is 9.59 Å². The summed E-state index contributed by atoms with van der Waals surface area (Å²) in [5.41, 5.74) is 2.31. The quantitative estimate of drug-likeness (QED) is 0.364. The van der Waals surface area contributed by atoms with E-state index in [1.807, 2.05) is 61.7 Å². The van der Waals surface area contributed by atoms with E-state index in [1.165, 1.54) is 4.90 Å². The van der Waals surface area contributed by atoms with Gasteiger partial charge < -0.3 is 14.4 Å². The minimum Gasteiger partial charge on any atom is -0.493 e.